The van der Waals surface area contributed by atoms with Crippen LogP contribution < -0.4 is 5.32 Å². The lowest BCUT2D eigenvalue weighted by molar-refractivity contribution is -0.0150. The van der Waals surface area contributed by atoms with Crippen molar-refractivity contribution in [2.45, 2.75) is 32.0 Å². The predicted octanol–water partition coefficient (Wildman–Crippen LogP) is 2.39. The fourth-order valence-electron chi connectivity index (χ4n) is 1.72. The number of nitrogens with zero attached hydrogens (tertiary/aromatic N) is 1. The second-order valence-electron chi connectivity index (χ2n) is 3.62. The molecule has 1 saturated heterocycles. The number of hydrogen-bond acceptors (Lipinski definition) is 4. The Hall–Kier alpha value is -0.160. The minimum atomic E-state index is 0. The quantitative estimate of drug-likeness (QED) is 0.892. The molecule has 0 radical (unpaired) electrons. The number of aromatic nitrogens is 1. The van der Waals surface area contributed by atoms with Gasteiger partial charge in [-0.1, -0.05) is 0 Å². The topological polar surface area (TPSA) is 34.1 Å². The summed E-state index contributed by atoms with van der Waals surface area (Å²) in [6.45, 7) is 4.19. The SMILES string of the molecule is CC(OC1CCCNC1)c1nccs1.Cl. The molecule has 1 N–H and O–H groups in total. The van der Waals surface area contributed by atoms with Crippen LogP contribution in [0.2, 0.25) is 0 Å². The van der Waals surface area contributed by atoms with Gasteiger partial charge in [-0.3, -0.25) is 0 Å². The van der Waals surface area contributed by atoms with E-state index in [0.717, 1.165) is 18.1 Å². The highest BCUT2D eigenvalue weighted by molar-refractivity contribution is 7.09. The summed E-state index contributed by atoms with van der Waals surface area (Å²) in [7, 11) is 0. The van der Waals surface area contributed by atoms with Crippen LogP contribution in [0, 0.1) is 0 Å². The number of halogens is 1. The first-order valence-corrected chi connectivity index (χ1v) is 6.00. The van der Waals surface area contributed by atoms with Crippen LogP contribution in [0.4, 0.5) is 0 Å². The molecule has 1 aliphatic rings. The molecule has 0 bridgehead atoms. The van der Waals surface area contributed by atoms with E-state index >= 15 is 0 Å². The van der Waals surface area contributed by atoms with Gasteiger partial charge in [0.15, 0.2) is 0 Å². The van der Waals surface area contributed by atoms with Crippen molar-refractivity contribution in [1.82, 2.24) is 10.3 Å². The van der Waals surface area contributed by atoms with Crippen LogP contribution in [0.1, 0.15) is 30.9 Å². The second-order valence-corrected chi connectivity index (χ2v) is 4.54. The lowest BCUT2D eigenvalue weighted by Crippen LogP contribution is -2.35. The first kappa shape index (κ1) is 12.9. The number of piperidine rings is 1. The summed E-state index contributed by atoms with van der Waals surface area (Å²) in [6, 6.07) is 0. The van der Waals surface area contributed by atoms with E-state index in [9.17, 15) is 0 Å². The van der Waals surface area contributed by atoms with Gasteiger partial charge < -0.3 is 10.1 Å². The summed E-state index contributed by atoms with van der Waals surface area (Å²) in [4.78, 5) is 4.25. The molecule has 1 aromatic heterocycles. The largest absolute Gasteiger partial charge is 0.367 e. The van der Waals surface area contributed by atoms with E-state index in [0.29, 0.717) is 6.10 Å². The molecule has 5 heteroatoms. The van der Waals surface area contributed by atoms with Gasteiger partial charge in [-0.05, 0) is 26.3 Å². The highest BCUT2D eigenvalue weighted by Gasteiger charge is 2.18. The van der Waals surface area contributed by atoms with Gasteiger partial charge in [-0.25, -0.2) is 4.98 Å². The Morgan fingerprint density at radius 2 is 2.53 bits per heavy atom. The van der Waals surface area contributed by atoms with Crippen LogP contribution in [0.15, 0.2) is 11.6 Å². The Balaban J connectivity index is 0.00000112. The molecule has 2 unspecified atom stereocenters. The standard InChI is InChI=1S/C10H16N2OS.ClH/c1-8(10-12-5-6-14-10)13-9-3-2-4-11-7-9;/h5-6,8-9,11H,2-4,7H2,1H3;1H. The van der Waals surface area contributed by atoms with Crippen molar-refractivity contribution in [1.29, 1.82) is 0 Å². The van der Waals surface area contributed by atoms with Crippen LogP contribution in [0.25, 0.3) is 0 Å². The van der Waals surface area contributed by atoms with Gasteiger partial charge in [0.1, 0.15) is 11.1 Å². The van der Waals surface area contributed by atoms with Gasteiger partial charge in [0.2, 0.25) is 0 Å². The fraction of sp³-hybridized carbons (Fsp3) is 0.700. The average Bonchev–Trinajstić information content (AvgIpc) is 2.72. The zero-order valence-corrected chi connectivity index (χ0v) is 10.4. The Labute approximate surface area is 101 Å². The summed E-state index contributed by atoms with van der Waals surface area (Å²) in [5.41, 5.74) is 0. The molecule has 86 valence electrons. The van der Waals surface area contributed by atoms with Crippen LogP contribution >= 0.6 is 23.7 Å². The van der Waals surface area contributed by atoms with Crippen LogP contribution in [0.3, 0.4) is 0 Å². The average molecular weight is 249 g/mol. The van der Waals surface area contributed by atoms with E-state index in [4.69, 9.17) is 4.74 Å². The highest BCUT2D eigenvalue weighted by Crippen LogP contribution is 2.22. The minimum absolute atomic E-state index is 0. The predicted molar refractivity (Wildman–Crippen MR) is 64.8 cm³/mol. The zero-order chi connectivity index (χ0) is 9.80. The van der Waals surface area contributed by atoms with Crippen LogP contribution in [-0.4, -0.2) is 24.2 Å². The normalized spacial score (nSPS) is 23.1. The first-order valence-electron chi connectivity index (χ1n) is 5.12. The summed E-state index contributed by atoms with van der Waals surface area (Å²) >= 11 is 1.66. The third-order valence-corrected chi connectivity index (χ3v) is 3.38. The van der Waals surface area contributed by atoms with Crippen molar-refractivity contribution >= 4 is 23.7 Å². The highest BCUT2D eigenvalue weighted by atomic mass is 35.5. The van der Waals surface area contributed by atoms with Crippen molar-refractivity contribution in [3.8, 4) is 0 Å². The summed E-state index contributed by atoms with van der Waals surface area (Å²) < 4.78 is 5.92. The van der Waals surface area contributed by atoms with E-state index in [1.165, 1.54) is 12.8 Å². The summed E-state index contributed by atoms with van der Waals surface area (Å²) in [5, 5.41) is 6.42. The molecule has 0 spiro atoms. The van der Waals surface area contributed by atoms with Crippen molar-refractivity contribution in [2.75, 3.05) is 13.1 Å². The second kappa shape index (κ2) is 6.43. The van der Waals surface area contributed by atoms with E-state index in [-0.39, 0.29) is 18.5 Å². The van der Waals surface area contributed by atoms with Gasteiger partial charge in [0.25, 0.3) is 0 Å². The van der Waals surface area contributed by atoms with Gasteiger partial charge >= 0.3 is 0 Å². The summed E-state index contributed by atoms with van der Waals surface area (Å²) in [6.07, 6.45) is 4.72. The maximum absolute atomic E-state index is 5.92. The van der Waals surface area contributed by atoms with E-state index < -0.39 is 0 Å². The van der Waals surface area contributed by atoms with E-state index in [2.05, 4.69) is 17.2 Å². The van der Waals surface area contributed by atoms with Crippen molar-refractivity contribution < 1.29 is 4.74 Å². The van der Waals surface area contributed by atoms with Crippen molar-refractivity contribution in [3.63, 3.8) is 0 Å². The molecule has 1 aliphatic heterocycles. The molecule has 3 nitrogen and oxygen atoms in total. The van der Waals surface area contributed by atoms with Crippen LogP contribution in [-0.2, 0) is 4.74 Å². The Morgan fingerprint density at radius 1 is 1.67 bits per heavy atom. The molecule has 0 amide bonds. The van der Waals surface area contributed by atoms with Crippen molar-refractivity contribution in [2.24, 2.45) is 0 Å². The molecule has 2 atom stereocenters. The molecular formula is C10H17ClN2OS. The fourth-order valence-corrected chi connectivity index (χ4v) is 2.35. The number of ether oxygens (including phenoxy) is 1. The van der Waals surface area contributed by atoms with Gasteiger partial charge in [0, 0.05) is 18.1 Å². The smallest absolute Gasteiger partial charge is 0.121 e. The van der Waals surface area contributed by atoms with Gasteiger partial charge in [-0.15, -0.1) is 23.7 Å². The zero-order valence-electron chi connectivity index (χ0n) is 8.81. The first-order chi connectivity index (χ1) is 6.86. The van der Waals surface area contributed by atoms with Crippen LogP contribution in [0.5, 0.6) is 0 Å². The number of nitrogens with one attached hydrogen (secondary N) is 1. The molecular weight excluding hydrogens is 232 g/mol. The third-order valence-electron chi connectivity index (χ3n) is 2.45. The molecule has 0 aliphatic carbocycles. The maximum atomic E-state index is 5.92. The third kappa shape index (κ3) is 3.72. The maximum Gasteiger partial charge on any atom is 0.121 e. The molecule has 0 aromatic carbocycles. The molecule has 1 fully saturated rings. The lowest BCUT2D eigenvalue weighted by Gasteiger charge is -2.25. The molecule has 15 heavy (non-hydrogen) atoms. The molecule has 2 heterocycles. The molecule has 2 rings (SSSR count). The Kier molecular flexibility index (Phi) is 5.53. The molecule has 1 aromatic rings. The Morgan fingerprint density at radius 3 is 3.13 bits per heavy atom. The van der Waals surface area contributed by atoms with E-state index in [1.54, 1.807) is 11.3 Å². The minimum Gasteiger partial charge on any atom is -0.367 e. The van der Waals surface area contributed by atoms with Crippen molar-refractivity contribution in [3.05, 3.63) is 16.6 Å². The van der Waals surface area contributed by atoms with Gasteiger partial charge in [-0.2, -0.15) is 0 Å². The number of thiazole rings is 1. The lowest BCUT2D eigenvalue weighted by atomic mass is 10.1. The number of rotatable bonds is 3. The van der Waals surface area contributed by atoms with Gasteiger partial charge in [0.05, 0.1) is 6.10 Å². The molecule has 0 saturated carbocycles. The Bertz CT molecular complexity index is 262. The van der Waals surface area contributed by atoms with E-state index in [1.807, 2.05) is 11.6 Å². The summed E-state index contributed by atoms with van der Waals surface area (Å²) in [5.74, 6) is 0. The monoisotopic (exact) mass is 248 g/mol. The number of hydrogen-bond donors (Lipinski definition) is 1.